The van der Waals surface area contributed by atoms with Crippen molar-refractivity contribution in [2.24, 2.45) is 0 Å². The lowest BCUT2D eigenvalue weighted by Crippen LogP contribution is -2.31. The monoisotopic (exact) mass is 350 g/mol. The van der Waals surface area contributed by atoms with Crippen molar-refractivity contribution >= 4 is 23.4 Å². The summed E-state index contributed by atoms with van der Waals surface area (Å²) in [5.41, 5.74) is 0.0568. The second-order valence-corrected chi connectivity index (χ2v) is 5.49. The molecule has 2 amide bonds. The fourth-order valence-electron chi connectivity index (χ4n) is 2.65. The van der Waals surface area contributed by atoms with Crippen molar-refractivity contribution in [1.82, 2.24) is 0 Å². The zero-order valence-electron chi connectivity index (χ0n) is 12.8. The summed E-state index contributed by atoms with van der Waals surface area (Å²) >= 11 is 0. The molecule has 1 aliphatic rings. The normalized spacial score (nSPS) is 14.9. The van der Waals surface area contributed by atoms with Crippen LogP contribution in [-0.4, -0.2) is 30.2 Å². The molecule has 2 aromatic rings. The molecule has 0 radical (unpaired) electrons. The van der Waals surface area contributed by atoms with Crippen LogP contribution in [0.1, 0.15) is 15.9 Å². The first-order chi connectivity index (χ1) is 11.8. The molecule has 0 atom stereocenters. The molecule has 8 heteroatoms. The Morgan fingerprint density at radius 2 is 1.56 bits per heavy atom. The summed E-state index contributed by atoms with van der Waals surface area (Å²) in [4.78, 5) is 26.3. The van der Waals surface area contributed by atoms with Crippen molar-refractivity contribution in [3.05, 3.63) is 59.7 Å². The van der Waals surface area contributed by atoms with E-state index in [1.807, 2.05) is 0 Å². The van der Waals surface area contributed by atoms with Gasteiger partial charge in [0.1, 0.15) is 0 Å². The number of rotatable bonds is 3. The highest BCUT2D eigenvalue weighted by molar-refractivity contribution is 6.06. The Bertz CT molecular complexity index is 819. The third kappa shape index (κ3) is 3.28. The lowest BCUT2D eigenvalue weighted by molar-refractivity contribution is -0.137. The average molecular weight is 350 g/mol. The van der Waals surface area contributed by atoms with Crippen molar-refractivity contribution < 1.29 is 27.9 Å². The largest absolute Gasteiger partial charge is 0.478 e. The first kappa shape index (κ1) is 16.8. The minimum Gasteiger partial charge on any atom is -0.478 e. The molecule has 0 spiro atoms. The summed E-state index contributed by atoms with van der Waals surface area (Å²) in [6, 6.07) is 9.88. The van der Waals surface area contributed by atoms with Crippen molar-refractivity contribution in [2.45, 2.75) is 6.18 Å². The number of nitrogens with zero attached hydrogens (tertiary/aromatic N) is 2. The van der Waals surface area contributed by atoms with E-state index in [1.165, 1.54) is 40.1 Å². The number of carbonyl (C=O) groups excluding carboxylic acids is 1. The van der Waals surface area contributed by atoms with Crippen LogP contribution in [0.25, 0.3) is 0 Å². The molecule has 130 valence electrons. The maximum Gasteiger partial charge on any atom is 0.416 e. The van der Waals surface area contributed by atoms with Crippen LogP contribution in [0.3, 0.4) is 0 Å². The predicted molar refractivity (Wildman–Crippen MR) is 84.9 cm³/mol. The molecule has 25 heavy (non-hydrogen) atoms. The standard InChI is InChI=1S/C17H13F3N2O3/c18-17(19,20)12-4-6-13(7-5-12)21-8-9-22(16(21)25)14-3-1-2-11(10-14)15(23)24/h1-7,10H,8-9H2,(H,23,24). The summed E-state index contributed by atoms with van der Waals surface area (Å²) in [5.74, 6) is -1.10. The Balaban J connectivity index is 1.82. The molecule has 2 aromatic carbocycles. The number of carboxylic acids is 1. The second kappa shape index (κ2) is 6.12. The van der Waals surface area contributed by atoms with E-state index in [9.17, 15) is 22.8 Å². The fourth-order valence-corrected chi connectivity index (χ4v) is 2.65. The number of carboxylic acid groups (broad SMARTS) is 1. The topological polar surface area (TPSA) is 60.9 Å². The van der Waals surface area contributed by atoms with E-state index in [0.29, 0.717) is 24.5 Å². The maximum atomic E-state index is 12.6. The van der Waals surface area contributed by atoms with E-state index < -0.39 is 23.7 Å². The van der Waals surface area contributed by atoms with Crippen LogP contribution >= 0.6 is 0 Å². The van der Waals surface area contributed by atoms with Gasteiger partial charge in [-0.15, -0.1) is 0 Å². The van der Waals surface area contributed by atoms with Crippen molar-refractivity contribution in [3.8, 4) is 0 Å². The molecule has 3 rings (SSSR count). The molecule has 1 heterocycles. The van der Waals surface area contributed by atoms with Gasteiger partial charge in [0.25, 0.3) is 0 Å². The van der Waals surface area contributed by atoms with Crippen LogP contribution in [0.15, 0.2) is 48.5 Å². The summed E-state index contributed by atoms with van der Waals surface area (Å²) in [6.45, 7) is 0.602. The number of halogens is 3. The van der Waals surface area contributed by atoms with Crippen LogP contribution in [0.2, 0.25) is 0 Å². The first-order valence-corrected chi connectivity index (χ1v) is 7.37. The van der Waals surface area contributed by atoms with Crippen molar-refractivity contribution in [2.75, 3.05) is 22.9 Å². The quantitative estimate of drug-likeness (QED) is 0.915. The van der Waals surface area contributed by atoms with E-state index in [1.54, 1.807) is 6.07 Å². The Hall–Kier alpha value is -3.03. The van der Waals surface area contributed by atoms with E-state index in [2.05, 4.69) is 0 Å². The summed E-state index contributed by atoms with van der Waals surface area (Å²) < 4.78 is 37.9. The van der Waals surface area contributed by atoms with E-state index >= 15 is 0 Å². The van der Waals surface area contributed by atoms with Gasteiger partial charge < -0.3 is 5.11 Å². The number of carbonyl (C=O) groups is 2. The van der Waals surface area contributed by atoms with Crippen LogP contribution in [0.4, 0.5) is 29.3 Å². The molecule has 1 aliphatic heterocycles. The highest BCUT2D eigenvalue weighted by Crippen LogP contribution is 2.32. The predicted octanol–water partition coefficient (Wildman–Crippen LogP) is 3.85. The lowest BCUT2D eigenvalue weighted by atomic mass is 10.2. The fraction of sp³-hybridized carbons (Fsp3) is 0.176. The molecule has 0 aromatic heterocycles. The Morgan fingerprint density at radius 1 is 0.960 bits per heavy atom. The van der Waals surface area contributed by atoms with Gasteiger partial charge >= 0.3 is 18.2 Å². The zero-order valence-corrected chi connectivity index (χ0v) is 12.8. The lowest BCUT2D eigenvalue weighted by Gasteiger charge is -2.19. The number of alkyl halides is 3. The molecule has 1 N–H and O–H groups in total. The van der Waals surface area contributed by atoms with Gasteiger partial charge in [-0.05, 0) is 42.5 Å². The number of hydrogen-bond acceptors (Lipinski definition) is 2. The third-order valence-corrected chi connectivity index (χ3v) is 3.92. The number of benzene rings is 2. The highest BCUT2D eigenvalue weighted by atomic mass is 19.4. The van der Waals surface area contributed by atoms with Gasteiger partial charge in [-0.3, -0.25) is 9.80 Å². The van der Waals surface area contributed by atoms with Gasteiger partial charge in [0, 0.05) is 24.5 Å². The van der Waals surface area contributed by atoms with E-state index in [-0.39, 0.29) is 5.56 Å². The number of anilines is 2. The minimum absolute atomic E-state index is 0.0540. The number of amides is 2. The summed E-state index contributed by atoms with van der Waals surface area (Å²) in [6.07, 6.45) is -4.43. The molecule has 0 bridgehead atoms. The zero-order chi connectivity index (χ0) is 18.2. The van der Waals surface area contributed by atoms with Crippen molar-refractivity contribution in [1.29, 1.82) is 0 Å². The first-order valence-electron chi connectivity index (χ1n) is 7.37. The molecular weight excluding hydrogens is 337 g/mol. The number of hydrogen-bond donors (Lipinski definition) is 1. The third-order valence-electron chi connectivity index (χ3n) is 3.92. The van der Waals surface area contributed by atoms with Crippen LogP contribution < -0.4 is 9.80 Å². The average Bonchev–Trinajstić information content (AvgIpc) is 2.96. The molecule has 1 fully saturated rings. The van der Waals surface area contributed by atoms with Gasteiger partial charge in [-0.1, -0.05) is 6.07 Å². The van der Waals surface area contributed by atoms with E-state index in [0.717, 1.165) is 12.1 Å². The molecule has 0 unspecified atom stereocenters. The number of urea groups is 1. The van der Waals surface area contributed by atoms with Crippen LogP contribution in [-0.2, 0) is 6.18 Å². The van der Waals surface area contributed by atoms with Gasteiger partial charge in [0.2, 0.25) is 0 Å². The number of aromatic carboxylic acids is 1. The summed E-state index contributed by atoms with van der Waals surface area (Å²) in [5, 5.41) is 9.03. The Morgan fingerprint density at radius 3 is 2.12 bits per heavy atom. The smallest absolute Gasteiger partial charge is 0.416 e. The maximum absolute atomic E-state index is 12.6. The molecule has 0 aliphatic carbocycles. The molecule has 5 nitrogen and oxygen atoms in total. The molecule has 0 saturated carbocycles. The van der Waals surface area contributed by atoms with E-state index in [4.69, 9.17) is 5.11 Å². The molecule has 1 saturated heterocycles. The van der Waals surface area contributed by atoms with Gasteiger partial charge in [0.05, 0.1) is 11.1 Å². The second-order valence-electron chi connectivity index (χ2n) is 5.49. The Kier molecular flexibility index (Phi) is 4.12. The van der Waals surface area contributed by atoms with Crippen LogP contribution in [0.5, 0.6) is 0 Å². The molecular formula is C17H13F3N2O3. The van der Waals surface area contributed by atoms with Crippen molar-refractivity contribution in [3.63, 3.8) is 0 Å². The van der Waals surface area contributed by atoms with Gasteiger partial charge in [0.15, 0.2) is 0 Å². The Labute approximate surface area is 140 Å². The SMILES string of the molecule is O=C(O)c1cccc(N2CCN(c3ccc(C(F)(F)F)cc3)C2=O)c1. The minimum atomic E-state index is -4.43. The highest BCUT2D eigenvalue weighted by Gasteiger charge is 2.33. The summed E-state index contributed by atoms with van der Waals surface area (Å²) in [7, 11) is 0. The van der Waals surface area contributed by atoms with Gasteiger partial charge in [-0.2, -0.15) is 13.2 Å². The van der Waals surface area contributed by atoms with Crippen LogP contribution in [0, 0.1) is 0 Å². The van der Waals surface area contributed by atoms with Gasteiger partial charge in [-0.25, -0.2) is 9.59 Å².